The molecule has 7 nitrogen and oxygen atoms in total. The molecule has 1 atom stereocenters. The van der Waals surface area contributed by atoms with Crippen molar-refractivity contribution >= 4 is 27.4 Å². The molecule has 0 spiro atoms. The van der Waals surface area contributed by atoms with E-state index in [1.807, 2.05) is 0 Å². The Bertz CT molecular complexity index is 1060. The number of piperidine rings is 1. The number of thiophene rings is 1. The van der Waals surface area contributed by atoms with Gasteiger partial charge in [-0.15, -0.1) is 11.3 Å². The van der Waals surface area contributed by atoms with E-state index in [4.69, 9.17) is 0 Å². The van der Waals surface area contributed by atoms with Crippen molar-refractivity contribution in [3.05, 3.63) is 45.5 Å². The third kappa shape index (κ3) is 3.91. The number of anilines is 1. The minimum absolute atomic E-state index is 0.0400. The molecule has 8 heteroatoms. The Balaban J connectivity index is 1.25. The highest BCUT2D eigenvalue weighted by Crippen LogP contribution is 2.25. The number of nitrogens with zero attached hydrogens (tertiary/aromatic N) is 5. The predicted octanol–water partition coefficient (Wildman–Crippen LogP) is 2.70. The number of aryl methyl sites for hydroxylation is 2. The minimum Gasteiger partial charge on any atom is -0.368 e. The highest BCUT2D eigenvalue weighted by Gasteiger charge is 2.23. The Hall–Kier alpha value is -2.32. The zero-order chi connectivity index (χ0) is 19.6. The fourth-order valence-electron chi connectivity index (χ4n) is 4.55. The average molecular weight is 411 g/mol. The van der Waals surface area contributed by atoms with E-state index in [2.05, 4.69) is 36.7 Å². The Morgan fingerprint density at radius 1 is 1.17 bits per heavy atom. The summed E-state index contributed by atoms with van der Waals surface area (Å²) >= 11 is 1.64. The molecule has 1 fully saturated rings. The molecular weight excluding hydrogens is 384 g/mol. The van der Waals surface area contributed by atoms with E-state index in [0.717, 1.165) is 72.6 Å². The molecule has 1 N–H and O–H groups in total. The summed E-state index contributed by atoms with van der Waals surface area (Å²) in [6.07, 6.45) is 8.37. The lowest BCUT2D eigenvalue weighted by molar-refractivity contribution is 0.148. The molecule has 152 valence electrons. The molecule has 4 heterocycles. The van der Waals surface area contributed by atoms with Crippen molar-refractivity contribution in [3.8, 4) is 0 Å². The van der Waals surface area contributed by atoms with E-state index in [-0.39, 0.29) is 5.56 Å². The summed E-state index contributed by atoms with van der Waals surface area (Å²) < 4.78 is 1.67. The van der Waals surface area contributed by atoms with Crippen LogP contribution in [0.25, 0.3) is 10.2 Å². The lowest BCUT2D eigenvalue weighted by Gasteiger charge is -2.36. The highest BCUT2D eigenvalue weighted by molar-refractivity contribution is 7.16. The Kier molecular flexibility index (Phi) is 5.28. The van der Waals surface area contributed by atoms with E-state index in [1.165, 1.54) is 12.8 Å². The molecule has 0 bridgehead atoms. The van der Waals surface area contributed by atoms with Crippen LogP contribution in [0.1, 0.15) is 36.9 Å². The van der Waals surface area contributed by atoms with Gasteiger partial charge in [0.25, 0.3) is 5.56 Å². The molecular formula is C21H26N6OS. The van der Waals surface area contributed by atoms with Crippen LogP contribution in [-0.2, 0) is 19.4 Å². The Morgan fingerprint density at radius 3 is 3.10 bits per heavy atom. The molecule has 1 saturated heterocycles. The molecule has 1 unspecified atom stereocenters. The monoisotopic (exact) mass is 410 g/mol. The quantitative estimate of drug-likeness (QED) is 0.673. The van der Waals surface area contributed by atoms with Gasteiger partial charge in [-0.05, 0) is 55.7 Å². The van der Waals surface area contributed by atoms with Crippen LogP contribution in [0.5, 0.6) is 0 Å². The maximum Gasteiger partial charge on any atom is 0.267 e. The van der Waals surface area contributed by atoms with Crippen molar-refractivity contribution in [1.82, 2.24) is 24.6 Å². The van der Waals surface area contributed by atoms with E-state index < -0.39 is 0 Å². The smallest absolute Gasteiger partial charge is 0.267 e. The summed E-state index contributed by atoms with van der Waals surface area (Å²) in [5.41, 5.74) is 2.30. The van der Waals surface area contributed by atoms with E-state index in [9.17, 15) is 4.79 Å². The van der Waals surface area contributed by atoms with Crippen LogP contribution >= 0.6 is 11.3 Å². The van der Waals surface area contributed by atoms with E-state index in [0.29, 0.717) is 12.6 Å². The number of hydrogen-bond acceptors (Lipinski definition) is 7. The van der Waals surface area contributed by atoms with Crippen LogP contribution in [0.15, 0.2) is 28.6 Å². The SMILES string of the molecule is O=c1cc2c(nn1CCN1CCCCC1CNc1ncnc3sccc13)CCC2. The van der Waals surface area contributed by atoms with Gasteiger partial charge in [0, 0.05) is 25.2 Å². The van der Waals surface area contributed by atoms with Gasteiger partial charge in [-0.3, -0.25) is 9.69 Å². The fourth-order valence-corrected chi connectivity index (χ4v) is 5.29. The first-order chi connectivity index (χ1) is 14.3. The number of aromatic nitrogens is 4. The summed E-state index contributed by atoms with van der Waals surface area (Å²) in [4.78, 5) is 24.7. The van der Waals surface area contributed by atoms with Gasteiger partial charge in [0.05, 0.1) is 17.6 Å². The zero-order valence-corrected chi connectivity index (χ0v) is 17.3. The molecule has 5 rings (SSSR count). The van der Waals surface area contributed by atoms with Gasteiger partial charge in [0.15, 0.2) is 0 Å². The second-order valence-corrected chi connectivity index (χ2v) is 8.85. The minimum atomic E-state index is 0.0400. The third-order valence-electron chi connectivity index (χ3n) is 6.14. The molecule has 29 heavy (non-hydrogen) atoms. The van der Waals surface area contributed by atoms with Crippen molar-refractivity contribution in [3.63, 3.8) is 0 Å². The van der Waals surface area contributed by atoms with Crippen LogP contribution in [0, 0.1) is 0 Å². The van der Waals surface area contributed by atoms with Gasteiger partial charge in [-0.1, -0.05) is 6.42 Å². The largest absolute Gasteiger partial charge is 0.368 e. The van der Waals surface area contributed by atoms with E-state index >= 15 is 0 Å². The van der Waals surface area contributed by atoms with Gasteiger partial charge < -0.3 is 5.32 Å². The molecule has 2 aliphatic rings. The lowest BCUT2D eigenvalue weighted by Crippen LogP contribution is -2.45. The maximum atomic E-state index is 12.4. The Labute approximate surface area is 173 Å². The summed E-state index contributed by atoms with van der Waals surface area (Å²) in [5, 5.41) is 11.3. The molecule has 1 aliphatic carbocycles. The van der Waals surface area contributed by atoms with E-state index in [1.54, 1.807) is 28.4 Å². The molecule has 0 amide bonds. The van der Waals surface area contributed by atoms with Gasteiger partial charge in [-0.25, -0.2) is 14.6 Å². The van der Waals surface area contributed by atoms with Gasteiger partial charge in [0.2, 0.25) is 0 Å². The standard InChI is InChI=1S/C21H26N6OS/c28-19-12-15-4-3-6-18(15)25-27(19)10-9-26-8-2-1-5-16(26)13-22-20-17-7-11-29-21(17)24-14-23-20/h7,11-12,14,16H,1-6,8-10,13H2,(H,22,23,24). The molecule has 0 saturated carbocycles. The van der Waals surface area contributed by atoms with Gasteiger partial charge in [0.1, 0.15) is 17.0 Å². The molecule has 0 radical (unpaired) electrons. The number of rotatable bonds is 6. The van der Waals surface area contributed by atoms with Crippen molar-refractivity contribution in [2.75, 3.05) is 25.0 Å². The molecule has 3 aromatic heterocycles. The fraction of sp³-hybridized carbons (Fsp3) is 0.524. The number of nitrogens with one attached hydrogen (secondary N) is 1. The van der Waals surface area contributed by atoms with Crippen molar-refractivity contribution in [2.45, 2.75) is 51.1 Å². The predicted molar refractivity (Wildman–Crippen MR) is 116 cm³/mol. The zero-order valence-electron chi connectivity index (χ0n) is 16.5. The summed E-state index contributed by atoms with van der Waals surface area (Å²) in [7, 11) is 0. The van der Waals surface area contributed by atoms with Crippen molar-refractivity contribution in [1.29, 1.82) is 0 Å². The first-order valence-corrected chi connectivity index (χ1v) is 11.4. The number of likely N-dealkylation sites (tertiary alicyclic amines) is 1. The normalized spacial score (nSPS) is 19.5. The summed E-state index contributed by atoms with van der Waals surface area (Å²) in [6.45, 7) is 3.44. The summed E-state index contributed by atoms with van der Waals surface area (Å²) in [5.74, 6) is 0.915. The lowest BCUT2D eigenvalue weighted by atomic mass is 10.0. The van der Waals surface area contributed by atoms with Crippen LogP contribution in [0.3, 0.4) is 0 Å². The van der Waals surface area contributed by atoms with Gasteiger partial charge >= 0.3 is 0 Å². The summed E-state index contributed by atoms with van der Waals surface area (Å²) in [6, 6.07) is 4.32. The topological polar surface area (TPSA) is 75.9 Å². The van der Waals surface area contributed by atoms with Crippen LogP contribution in [-0.4, -0.2) is 50.3 Å². The van der Waals surface area contributed by atoms with Crippen molar-refractivity contribution < 1.29 is 0 Å². The van der Waals surface area contributed by atoms with Crippen LogP contribution in [0.4, 0.5) is 5.82 Å². The first-order valence-electron chi connectivity index (χ1n) is 10.5. The second kappa shape index (κ2) is 8.20. The maximum absolute atomic E-state index is 12.4. The van der Waals surface area contributed by atoms with Gasteiger partial charge in [-0.2, -0.15) is 5.10 Å². The Morgan fingerprint density at radius 2 is 2.14 bits per heavy atom. The van der Waals surface area contributed by atoms with Crippen molar-refractivity contribution in [2.24, 2.45) is 0 Å². The highest BCUT2D eigenvalue weighted by atomic mass is 32.1. The number of hydrogen-bond donors (Lipinski definition) is 1. The second-order valence-electron chi connectivity index (χ2n) is 7.96. The van der Waals surface area contributed by atoms with Crippen LogP contribution in [0.2, 0.25) is 0 Å². The first kappa shape index (κ1) is 18.7. The number of fused-ring (bicyclic) bond motifs is 2. The molecule has 1 aliphatic heterocycles. The van der Waals surface area contributed by atoms with Crippen LogP contribution < -0.4 is 10.9 Å². The third-order valence-corrected chi connectivity index (χ3v) is 6.96. The average Bonchev–Trinajstić information content (AvgIpc) is 3.40. The molecule has 0 aromatic carbocycles. The molecule has 3 aromatic rings.